The molecule has 0 atom stereocenters. The van der Waals surface area contributed by atoms with Crippen LogP contribution in [-0.2, 0) is 31.9 Å². The molecule has 16 rings (SSSR count). The number of rotatable bonds is 7. The molecule has 0 amide bonds. The van der Waals surface area contributed by atoms with Crippen molar-refractivity contribution in [3.05, 3.63) is 277 Å². The molecular weight excluding hydrogens is 1270 g/mol. The Labute approximate surface area is 542 Å². The van der Waals surface area contributed by atoms with E-state index in [1.807, 2.05) is 54.7 Å². The van der Waals surface area contributed by atoms with Gasteiger partial charge in [0.1, 0.15) is 5.82 Å². The minimum atomic E-state index is -2.67. The first-order valence-corrected chi connectivity index (χ1v) is 29.9. The van der Waals surface area contributed by atoms with Crippen LogP contribution in [0.5, 0.6) is 11.5 Å². The van der Waals surface area contributed by atoms with Gasteiger partial charge >= 0.3 is 0 Å². The number of nitrogens with zero attached hydrogens (tertiary/aromatic N) is 5. The molecule has 6 nitrogen and oxygen atoms in total. The number of benzene rings is 11. The van der Waals surface area contributed by atoms with Gasteiger partial charge in [-0.3, -0.25) is 4.57 Å². The Balaban J connectivity index is 0.00000743. The van der Waals surface area contributed by atoms with Crippen molar-refractivity contribution in [3.63, 3.8) is 0 Å². The predicted octanol–water partition coefficient (Wildman–Crippen LogP) is 20.5. The van der Waals surface area contributed by atoms with Crippen LogP contribution >= 0.6 is 0 Å². The second-order valence-corrected chi connectivity index (χ2v) is 25.2. The number of para-hydroxylation sites is 3. The SMILES string of the molecule is [2H]C([2H])([2H])c1cccc(C([2H])([2H])[2H])c1-c1cc(-c2ccc(C(C)(C)C)cc2)c2c(c1)-c1ccccc1-c1ccccc1-c1cc(-n3c4ccccc4c4ccccc43)cc3c1[n+]-2[c-]n3-c1[c-]c(Oc2[c-]c3c(cc2)c2ccccc2n3-c2cc(C(C)(C)C)ccn2)ccc1.[Pt]. The van der Waals surface area contributed by atoms with Gasteiger partial charge in [-0.15, -0.1) is 29.7 Å². The van der Waals surface area contributed by atoms with Crippen LogP contribution in [0.2, 0.25) is 0 Å². The van der Waals surface area contributed by atoms with E-state index >= 15 is 0 Å². The Morgan fingerprint density at radius 2 is 1.01 bits per heavy atom. The monoisotopic (exact) mass is 1330 g/mol. The van der Waals surface area contributed by atoms with Crippen molar-refractivity contribution < 1.29 is 38.6 Å². The van der Waals surface area contributed by atoms with Gasteiger partial charge in [-0.25, -0.2) is 4.98 Å². The van der Waals surface area contributed by atoms with Crippen molar-refractivity contribution in [2.24, 2.45) is 0 Å². The molecule has 0 N–H and O–H groups in total. The van der Waals surface area contributed by atoms with Gasteiger partial charge in [0.25, 0.3) is 6.33 Å². The number of aromatic nitrogens is 5. The van der Waals surface area contributed by atoms with Crippen molar-refractivity contribution >= 4 is 54.6 Å². The number of imidazole rings is 1. The number of pyridine rings is 1. The topological polar surface area (TPSA) is 40.8 Å². The van der Waals surface area contributed by atoms with Crippen LogP contribution in [0.1, 0.15) is 72.0 Å². The fourth-order valence-electron chi connectivity index (χ4n) is 13.4. The Kier molecular flexibility index (Phi) is 11.7. The fourth-order valence-corrected chi connectivity index (χ4v) is 13.4. The van der Waals surface area contributed by atoms with E-state index in [1.54, 1.807) is 0 Å². The summed E-state index contributed by atoms with van der Waals surface area (Å²) < 4.78 is 69.4. The Morgan fingerprint density at radius 3 is 1.65 bits per heavy atom. The average Bonchev–Trinajstić information content (AvgIpc) is 1.57. The van der Waals surface area contributed by atoms with E-state index in [1.165, 1.54) is 23.8 Å². The largest absolute Gasteiger partial charge is 0.510 e. The molecule has 0 spiro atoms. The van der Waals surface area contributed by atoms with Gasteiger partial charge in [0.05, 0.1) is 27.8 Å². The molecule has 0 saturated carbocycles. The standard InChI is InChI=1S/C82H63N5O.Pt/c1-51-21-19-22-52(2)78(51)54-43-69(53-35-37-55(38-36-53)81(3,4)5)79-70(44-54)63-27-11-9-25-61(63)62-26-10-12-28-64(62)71-47-58(86-72-32-16-13-29-65(72)66-30-14-17-33-73(66)86)48-76-80(71)85(79)50-84(76)57-23-20-24-59(46-57)88-60-39-40-68-67-31-15-18-34-74(67)87(75(68)49-60)77-45-56(41-42-83-77)82(6,7)8;/h9-45,47-48H,1-8H3;/q-2;/i1D3,2D3;. The summed E-state index contributed by atoms with van der Waals surface area (Å²) in [5.74, 6) is 1.74. The first-order chi connectivity index (χ1) is 45.2. The average molecular weight is 1340 g/mol. The summed E-state index contributed by atoms with van der Waals surface area (Å²) in [7, 11) is 0. The van der Waals surface area contributed by atoms with Gasteiger partial charge in [-0.05, 0) is 168 Å². The molecule has 1 aliphatic rings. The molecule has 0 aliphatic carbocycles. The molecule has 15 aromatic rings. The number of ether oxygens (including phenoxy) is 1. The van der Waals surface area contributed by atoms with Gasteiger partial charge in [-0.2, -0.15) is 18.2 Å². The van der Waals surface area contributed by atoms with E-state index in [-0.39, 0.29) is 48.6 Å². The molecule has 89 heavy (non-hydrogen) atoms. The summed E-state index contributed by atoms with van der Waals surface area (Å²) in [6.07, 6.45) is 5.87. The van der Waals surface area contributed by atoms with E-state index in [9.17, 15) is 0 Å². The third kappa shape index (κ3) is 9.18. The number of hydrogen-bond acceptors (Lipinski definition) is 2. The van der Waals surface area contributed by atoms with Crippen LogP contribution in [0, 0.1) is 32.2 Å². The van der Waals surface area contributed by atoms with Crippen LogP contribution in [0.25, 0.3) is 133 Å². The van der Waals surface area contributed by atoms with Gasteiger partial charge in [-0.1, -0.05) is 193 Å². The van der Waals surface area contributed by atoms with Crippen LogP contribution in [0.4, 0.5) is 0 Å². The van der Waals surface area contributed by atoms with Gasteiger partial charge in [0, 0.05) is 69.0 Å². The third-order valence-electron chi connectivity index (χ3n) is 17.7. The van der Waals surface area contributed by atoms with Gasteiger partial charge < -0.3 is 18.4 Å². The molecule has 5 heterocycles. The Hall–Kier alpha value is -9.87. The van der Waals surface area contributed by atoms with Crippen molar-refractivity contribution in [2.75, 3.05) is 0 Å². The molecule has 11 aromatic carbocycles. The van der Waals surface area contributed by atoms with Crippen LogP contribution < -0.4 is 9.30 Å². The van der Waals surface area contributed by atoms with Crippen LogP contribution in [-0.4, -0.2) is 18.7 Å². The van der Waals surface area contributed by atoms with E-state index < -0.39 is 13.7 Å². The van der Waals surface area contributed by atoms with Crippen molar-refractivity contribution in [2.45, 2.75) is 66.1 Å². The Bertz CT molecular complexity index is 5520. The van der Waals surface area contributed by atoms with Crippen LogP contribution in [0.3, 0.4) is 0 Å². The first-order valence-electron chi connectivity index (χ1n) is 32.9. The second-order valence-electron chi connectivity index (χ2n) is 25.2. The molecule has 0 bridgehead atoms. The van der Waals surface area contributed by atoms with Crippen molar-refractivity contribution in [3.8, 4) is 90.0 Å². The molecule has 1 aliphatic heterocycles. The number of hydrogen-bond donors (Lipinski definition) is 0. The van der Waals surface area contributed by atoms with Crippen LogP contribution in [0.15, 0.2) is 237 Å². The van der Waals surface area contributed by atoms with E-state index in [0.29, 0.717) is 22.7 Å². The summed E-state index contributed by atoms with van der Waals surface area (Å²) in [6, 6.07) is 85.5. The Morgan fingerprint density at radius 1 is 0.449 bits per heavy atom. The predicted molar refractivity (Wildman–Crippen MR) is 362 cm³/mol. The maximum absolute atomic E-state index is 8.96. The zero-order valence-electron chi connectivity index (χ0n) is 56.0. The molecule has 4 aromatic heterocycles. The smallest absolute Gasteiger partial charge is 0.268 e. The van der Waals surface area contributed by atoms with Crippen molar-refractivity contribution in [1.82, 2.24) is 18.7 Å². The van der Waals surface area contributed by atoms with Gasteiger partial charge in [0.15, 0.2) is 0 Å². The summed E-state index contributed by atoms with van der Waals surface area (Å²) >= 11 is 0. The molecule has 0 unspecified atom stereocenters. The third-order valence-corrected chi connectivity index (χ3v) is 17.7. The molecule has 0 radical (unpaired) electrons. The summed E-state index contributed by atoms with van der Waals surface area (Å²) in [6.45, 7) is 7.85. The van der Waals surface area contributed by atoms with E-state index in [0.717, 1.165) is 122 Å². The minimum Gasteiger partial charge on any atom is -0.510 e. The first kappa shape index (κ1) is 49.2. The quantitative estimate of drug-likeness (QED) is 0.118. The zero-order valence-corrected chi connectivity index (χ0v) is 52.2. The summed E-state index contributed by atoms with van der Waals surface area (Å²) in [4.78, 5) is 4.93. The van der Waals surface area contributed by atoms with Gasteiger partial charge in [0.2, 0.25) is 0 Å². The maximum atomic E-state index is 8.96. The van der Waals surface area contributed by atoms with E-state index in [4.69, 9.17) is 17.9 Å². The molecule has 7 heteroatoms. The number of fused-ring (bicyclic) bond motifs is 13. The minimum absolute atomic E-state index is 0. The molecule has 0 fully saturated rings. The van der Waals surface area contributed by atoms with E-state index in [2.05, 4.69) is 242 Å². The number of aryl methyl sites for hydroxylation is 2. The maximum Gasteiger partial charge on any atom is 0.268 e. The zero-order chi connectivity index (χ0) is 64.7. The normalized spacial score (nSPS) is 13.5. The second kappa shape index (κ2) is 21.2. The molecular formula is C82H63N5OPt-2. The molecule has 434 valence electrons. The fraction of sp³-hybridized carbons (Fsp3) is 0.122. The summed E-state index contributed by atoms with van der Waals surface area (Å²) in [5.41, 5.74) is 17.3. The van der Waals surface area contributed by atoms with Crippen molar-refractivity contribution in [1.29, 1.82) is 0 Å². The summed E-state index contributed by atoms with van der Waals surface area (Å²) in [5, 5.41) is 4.35. The molecule has 0 saturated heterocycles.